The molecular formula is C16H16Cl2FN2O+. The van der Waals surface area contributed by atoms with Crippen LogP contribution in [0.4, 0.5) is 10.1 Å². The van der Waals surface area contributed by atoms with E-state index >= 15 is 0 Å². The van der Waals surface area contributed by atoms with Gasteiger partial charge in [0.1, 0.15) is 12.4 Å². The van der Waals surface area contributed by atoms with E-state index in [1.54, 1.807) is 6.07 Å². The number of anilines is 1. The molecule has 2 aromatic rings. The van der Waals surface area contributed by atoms with E-state index < -0.39 is 0 Å². The summed E-state index contributed by atoms with van der Waals surface area (Å²) < 4.78 is 12.8. The molecule has 0 heterocycles. The Morgan fingerprint density at radius 1 is 1.18 bits per heavy atom. The van der Waals surface area contributed by atoms with Crippen LogP contribution in [0.15, 0.2) is 42.5 Å². The summed E-state index contributed by atoms with van der Waals surface area (Å²) in [5, 5.41) is 3.75. The first-order chi connectivity index (χ1) is 10.5. The van der Waals surface area contributed by atoms with Crippen molar-refractivity contribution in [1.29, 1.82) is 0 Å². The molecular weight excluding hydrogens is 326 g/mol. The van der Waals surface area contributed by atoms with E-state index in [9.17, 15) is 9.18 Å². The monoisotopic (exact) mass is 341 g/mol. The number of likely N-dealkylation sites (N-methyl/N-ethyl adjacent to an activating group) is 1. The Labute approximate surface area is 138 Å². The standard InChI is InChI=1S/C16H15Cl2FN2O/c1-21(9-11-3-2-4-14(17)16(11)18)10-15(22)20-13-7-5-12(19)6-8-13/h2-8H,9-10H2,1H3,(H,20,22)/p+1. The Hall–Kier alpha value is -1.62. The van der Waals surface area contributed by atoms with Crippen LogP contribution in [-0.2, 0) is 11.3 Å². The van der Waals surface area contributed by atoms with Crippen molar-refractivity contribution in [3.8, 4) is 0 Å². The van der Waals surface area contributed by atoms with E-state index in [-0.39, 0.29) is 18.3 Å². The number of benzene rings is 2. The molecule has 2 aromatic carbocycles. The first kappa shape index (κ1) is 16.7. The summed E-state index contributed by atoms with van der Waals surface area (Å²) >= 11 is 12.1. The molecule has 2 rings (SSSR count). The first-order valence-electron chi connectivity index (χ1n) is 6.75. The van der Waals surface area contributed by atoms with Crippen molar-refractivity contribution in [2.45, 2.75) is 6.54 Å². The lowest BCUT2D eigenvalue weighted by Gasteiger charge is -2.15. The van der Waals surface area contributed by atoms with Gasteiger partial charge in [0, 0.05) is 11.3 Å². The maximum atomic E-state index is 12.8. The molecule has 3 nitrogen and oxygen atoms in total. The van der Waals surface area contributed by atoms with Gasteiger partial charge in [-0.1, -0.05) is 35.3 Å². The summed E-state index contributed by atoms with van der Waals surface area (Å²) in [6, 6.07) is 11.1. The van der Waals surface area contributed by atoms with E-state index in [0.29, 0.717) is 22.3 Å². The molecule has 22 heavy (non-hydrogen) atoms. The third kappa shape index (κ3) is 4.70. The zero-order chi connectivity index (χ0) is 16.1. The Balaban J connectivity index is 1.91. The van der Waals surface area contributed by atoms with Crippen LogP contribution in [-0.4, -0.2) is 19.5 Å². The Bertz CT molecular complexity index is 662. The molecule has 0 saturated carbocycles. The van der Waals surface area contributed by atoms with Crippen LogP contribution in [0.5, 0.6) is 0 Å². The average molecular weight is 342 g/mol. The number of carbonyl (C=O) groups is 1. The number of carbonyl (C=O) groups excluding carboxylic acids is 1. The number of quaternary nitrogens is 1. The van der Waals surface area contributed by atoms with Crippen molar-refractivity contribution < 1.29 is 14.1 Å². The minimum absolute atomic E-state index is 0.151. The van der Waals surface area contributed by atoms with Crippen LogP contribution < -0.4 is 10.2 Å². The number of amides is 1. The number of halogens is 3. The third-order valence-electron chi connectivity index (χ3n) is 3.11. The third-order valence-corrected chi connectivity index (χ3v) is 3.97. The zero-order valence-electron chi connectivity index (χ0n) is 12.0. The molecule has 6 heteroatoms. The second-order valence-corrected chi connectivity index (χ2v) is 5.86. The van der Waals surface area contributed by atoms with Crippen LogP contribution in [0.2, 0.25) is 10.0 Å². The van der Waals surface area contributed by atoms with Crippen LogP contribution in [0.1, 0.15) is 5.56 Å². The second-order valence-electron chi connectivity index (χ2n) is 5.08. The lowest BCUT2D eigenvalue weighted by molar-refractivity contribution is -0.885. The first-order valence-corrected chi connectivity index (χ1v) is 7.51. The minimum Gasteiger partial charge on any atom is -0.326 e. The van der Waals surface area contributed by atoms with Gasteiger partial charge in [-0.2, -0.15) is 0 Å². The highest BCUT2D eigenvalue weighted by Gasteiger charge is 2.13. The average Bonchev–Trinajstić information content (AvgIpc) is 2.46. The van der Waals surface area contributed by atoms with Gasteiger partial charge in [-0.15, -0.1) is 0 Å². The van der Waals surface area contributed by atoms with Gasteiger partial charge in [0.2, 0.25) is 0 Å². The molecule has 1 atom stereocenters. The van der Waals surface area contributed by atoms with Crippen LogP contribution in [0.3, 0.4) is 0 Å². The van der Waals surface area contributed by atoms with Gasteiger partial charge >= 0.3 is 0 Å². The SMILES string of the molecule is C[NH+](CC(=O)Nc1ccc(F)cc1)Cc1cccc(Cl)c1Cl. The summed E-state index contributed by atoms with van der Waals surface area (Å²) in [5.74, 6) is -0.487. The van der Waals surface area contributed by atoms with E-state index in [1.165, 1.54) is 24.3 Å². The molecule has 1 unspecified atom stereocenters. The van der Waals surface area contributed by atoms with Crippen molar-refractivity contribution in [3.05, 3.63) is 63.9 Å². The van der Waals surface area contributed by atoms with Crippen LogP contribution >= 0.6 is 23.2 Å². The Morgan fingerprint density at radius 2 is 1.86 bits per heavy atom. The quantitative estimate of drug-likeness (QED) is 0.861. The lowest BCUT2D eigenvalue weighted by atomic mass is 10.2. The molecule has 0 radical (unpaired) electrons. The van der Waals surface area contributed by atoms with Crippen molar-refractivity contribution in [2.75, 3.05) is 18.9 Å². The highest BCUT2D eigenvalue weighted by molar-refractivity contribution is 6.42. The zero-order valence-corrected chi connectivity index (χ0v) is 13.5. The van der Waals surface area contributed by atoms with Crippen molar-refractivity contribution in [1.82, 2.24) is 0 Å². The van der Waals surface area contributed by atoms with Crippen LogP contribution in [0, 0.1) is 5.82 Å². The van der Waals surface area contributed by atoms with Crippen molar-refractivity contribution in [2.24, 2.45) is 0 Å². The Morgan fingerprint density at radius 3 is 2.55 bits per heavy atom. The molecule has 1 amide bonds. The number of nitrogens with one attached hydrogen (secondary N) is 2. The van der Waals surface area contributed by atoms with Gasteiger partial charge in [0.25, 0.3) is 5.91 Å². The molecule has 0 aliphatic carbocycles. The van der Waals surface area contributed by atoms with Crippen molar-refractivity contribution in [3.63, 3.8) is 0 Å². The van der Waals surface area contributed by atoms with Gasteiger partial charge in [0.05, 0.1) is 17.1 Å². The molecule has 0 aromatic heterocycles. The highest BCUT2D eigenvalue weighted by atomic mass is 35.5. The predicted molar refractivity (Wildman–Crippen MR) is 86.9 cm³/mol. The van der Waals surface area contributed by atoms with E-state index in [4.69, 9.17) is 23.2 Å². The molecule has 0 saturated heterocycles. The molecule has 0 fully saturated rings. The second kappa shape index (κ2) is 7.58. The fraction of sp³-hybridized carbons (Fsp3) is 0.188. The summed E-state index contributed by atoms with van der Waals surface area (Å²) in [6.07, 6.45) is 0. The van der Waals surface area contributed by atoms with Gasteiger partial charge in [-0.25, -0.2) is 4.39 Å². The molecule has 0 aliphatic heterocycles. The predicted octanol–water partition coefficient (Wildman–Crippen LogP) is 2.79. The molecule has 0 bridgehead atoms. The number of hydrogen-bond acceptors (Lipinski definition) is 1. The molecule has 2 N–H and O–H groups in total. The Kier molecular flexibility index (Phi) is 5.77. The maximum Gasteiger partial charge on any atom is 0.279 e. The fourth-order valence-corrected chi connectivity index (χ4v) is 2.47. The van der Waals surface area contributed by atoms with E-state index in [0.717, 1.165) is 10.5 Å². The lowest BCUT2D eigenvalue weighted by Crippen LogP contribution is -3.08. The molecule has 116 valence electrons. The topological polar surface area (TPSA) is 33.5 Å². The van der Waals surface area contributed by atoms with Gasteiger partial charge < -0.3 is 10.2 Å². The van der Waals surface area contributed by atoms with Gasteiger partial charge in [0.15, 0.2) is 6.54 Å². The largest absolute Gasteiger partial charge is 0.326 e. The minimum atomic E-state index is -0.337. The van der Waals surface area contributed by atoms with E-state index in [1.807, 2.05) is 19.2 Å². The summed E-state index contributed by atoms with van der Waals surface area (Å²) in [7, 11) is 1.89. The summed E-state index contributed by atoms with van der Waals surface area (Å²) in [5.41, 5.74) is 1.46. The number of rotatable bonds is 5. The molecule has 0 aliphatic rings. The summed E-state index contributed by atoms with van der Waals surface area (Å²) in [6.45, 7) is 0.844. The van der Waals surface area contributed by atoms with Gasteiger partial charge in [-0.05, 0) is 30.3 Å². The van der Waals surface area contributed by atoms with Crippen molar-refractivity contribution >= 4 is 34.8 Å². The normalized spacial score (nSPS) is 12.0. The molecule has 0 spiro atoms. The van der Waals surface area contributed by atoms with Gasteiger partial charge in [-0.3, -0.25) is 4.79 Å². The van der Waals surface area contributed by atoms with Crippen LogP contribution in [0.25, 0.3) is 0 Å². The number of hydrogen-bond donors (Lipinski definition) is 2. The van der Waals surface area contributed by atoms with E-state index in [2.05, 4.69) is 5.32 Å². The fourth-order valence-electron chi connectivity index (χ4n) is 2.09. The highest BCUT2D eigenvalue weighted by Crippen LogP contribution is 2.24. The maximum absolute atomic E-state index is 12.8. The smallest absolute Gasteiger partial charge is 0.279 e. The summed E-state index contributed by atoms with van der Waals surface area (Å²) in [4.78, 5) is 12.9.